The molecule has 0 aromatic heterocycles. The number of carbonyl (C=O) groups excluding carboxylic acids is 3. The fourth-order valence-corrected chi connectivity index (χ4v) is 3.65. The number of amides is 1. The molecule has 0 fully saturated rings. The van der Waals surface area contributed by atoms with E-state index in [0.29, 0.717) is 22.6 Å². The normalized spacial score (nSPS) is 10.5. The first-order valence-corrected chi connectivity index (χ1v) is 11.3. The van der Waals surface area contributed by atoms with Gasteiger partial charge in [-0.3, -0.25) is 14.4 Å². The fraction of sp³-hybridized carbons (Fsp3) is 0.214. The summed E-state index contributed by atoms with van der Waals surface area (Å²) >= 11 is 0. The van der Waals surface area contributed by atoms with E-state index in [2.05, 4.69) is 19.2 Å². The molecule has 3 aromatic rings. The highest BCUT2D eigenvalue weighted by atomic mass is 16.5. The minimum absolute atomic E-state index is 0.0836. The van der Waals surface area contributed by atoms with Crippen molar-refractivity contribution in [2.45, 2.75) is 33.1 Å². The monoisotopic (exact) mass is 469 g/mol. The van der Waals surface area contributed by atoms with Gasteiger partial charge >= 0.3 is 5.97 Å². The van der Waals surface area contributed by atoms with Crippen LogP contribution in [0.2, 0.25) is 0 Å². The molecule has 0 saturated heterocycles. The predicted molar refractivity (Wildman–Crippen MR) is 134 cm³/mol. The number of ketones is 1. The number of nitrogens with two attached hydrogens (primary N) is 1. The van der Waals surface area contributed by atoms with Crippen LogP contribution in [0.25, 0.3) is 0 Å². The molecule has 3 N–H and O–H groups in total. The Labute approximate surface area is 204 Å². The van der Waals surface area contributed by atoms with E-state index >= 15 is 0 Å². The lowest BCUT2D eigenvalue weighted by molar-refractivity contribution is -0.142. The molecule has 0 unspecified atom stereocenters. The average molecular weight is 470 g/mol. The van der Waals surface area contributed by atoms with Crippen LogP contribution in [0.1, 0.15) is 69.7 Å². The van der Waals surface area contributed by atoms with Crippen molar-refractivity contribution in [3.63, 3.8) is 0 Å². The number of carbonyl (C=O) groups is 3. The number of nitriles is 1. The van der Waals surface area contributed by atoms with Crippen molar-refractivity contribution in [2.75, 3.05) is 17.7 Å². The molecular formula is C28H27N3O4. The van der Waals surface area contributed by atoms with Gasteiger partial charge in [0.15, 0.2) is 5.78 Å². The van der Waals surface area contributed by atoms with Gasteiger partial charge in [-0.15, -0.1) is 0 Å². The molecule has 0 aliphatic carbocycles. The molecule has 1 amide bonds. The van der Waals surface area contributed by atoms with E-state index in [0.717, 1.165) is 5.56 Å². The van der Waals surface area contributed by atoms with Gasteiger partial charge in [-0.2, -0.15) is 5.26 Å². The van der Waals surface area contributed by atoms with Crippen LogP contribution >= 0.6 is 0 Å². The standard InChI is InChI=1S/C28H27N3O4/c1-4-35-24(32)15-21-12-13-23(30)26(25(21)27(33)22-7-5-6-18(14-22)16-29)31-28(34)20-10-8-19(9-11-20)17(2)3/h5-14,17H,4,15,30H2,1-3H3,(H,31,34). The molecule has 0 spiro atoms. The van der Waals surface area contributed by atoms with E-state index < -0.39 is 17.7 Å². The number of hydrogen-bond donors (Lipinski definition) is 2. The van der Waals surface area contributed by atoms with Gasteiger partial charge in [0.05, 0.1) is 41.6 Å². The summed E-state index contributed by atoms with van der Waals surface area (Å²) in [7, 11) is 0. The first-order chi connectivity index (χ1) is 16.7. The highest BCUT2D eigenvalue weighted by molar-refractivity contribution is 6.18. The lowest BCUT2D eigenvalue weighted by Crippen LogP contribution is -2.20. The lowest BCUT2D eigenvalue weighted by Gasteiger charge is -2.17. The van der Waals surface area contributed by atoms with Crippen molar-refractivity contribution in [1.82, 2.24) is 0 Å². The molecule has 0 heterocycles. The second-order valence-corrected chi connectivity index (χ2v) is 8.30. The van der Waals surface area contributed by atoms with Crippen molar-refractivity contribution in [2.24, 2.45) is 0 Å². The second kappa shape index (κ2) is 11.1. The Morgan fingerprint density at radius 3 is 2.37 bits per heavy atom. The van der Waals surface area contributed by atoms with E-state index in [4.69, 9.17) is 10.5 Å². The molecule has 0 aliphatic heterocycles. The molecule has 3 rings (SSSR count). The fourth-order valence-electron chi connectivity index (χ4n) is 3.65. The van der Waals surface area contributed by atoms with Crippen LogP contribution in [0.4, 0.5) is 11.4 Å². The maximum atomic E-state index is 13.6. The number of rotatable bonds is 8. The third-order valence-electron chi connectivity index (χ3n) is 5.52. The molecule has 3 aromatic carbocycles. The summed E-state index contributed by atoms with van der Waals surface area (Å²) in [4.78, 5) is 39.0. The lowest BCUT2D eigenvalue weighted by atomic mass is 9.93. The summed E-state index contributed by atoms with van der Waals surface area (Å²) in [5.41, 5.74) is 8.95. The molecule has 7 nitrogen and oxygen atoms in total. The Morgan fingerprint density at radius 2 is 1.74 bits per heavy atom. The quantitative estimate of drug-likeness (QED) is 0.276. The number of nitrogen functional groups attached to an aromatic ring is 1. The van der Waals surface area contributed by atoms with Crippen LogP contribution < -0.4 is 11.1 Å². The third-order valence-corrected chi connectivity index (χ3v) is 5.52. The maximum Gasteiger partial charge on any atom is 0.310 e. The molecule has 178 valence electrons. The van der Waals surface area contributed by atoms with Gasteiger partial charge in [-0.05, 0) is 54.3 Å². The summed E-state index contributed by atoms with van der Waals surface area (Å²) in [5.74, 6) is -1.12. The Bertz CT molecular complexity index is 1300. The highest BCUT2D eigenvalue weighted by Crippen LogP contribution is 2.31. The smallest absolute Gasteiger partial charge is 0.310 e. The van der Waals surface area contributed by atoms with Crippen molar-refractivity contribution in [3.05, 3.63) is 94.0 Å². The number of esters is 1. The van der Waals surface area contributed by atoms with Crippen LogP contribution in [-0.2, 0) is 16.0 Å². The summed E-state index contributed by atoms with van der Waals surface area (Å²) in [5, 5.41) is 12.0. The maximum absolute atomic E-state index is 13.6. The molecule has 35 heavy (non-hydrogen) atoms. The Balaban J connectivity index is 2.08. The molecule has 0 atom stereocenters. The van der Waals surface area contributed by atoms with Gasteiger partial charge in [0, 0.05) is 11.1 Å². The van der Waals surface area contributed by atoms with Crippen LogP contribution in [0.15, 0.2) is 60.7 Å². The molecule has 0 aliphatic rings. The van der Waals surface area contributed by atoms with Crippen molar-refractivity contribution in [1.29, 1.82) is 5.26 Å². The number of hydrogen-bond acceptors (Lipinski definition) is 6. The summed E-state index contributed by atoms with van der Waals surface area (Å²) in [6.07, 6.45) is -0.181. The van der Waals surface area contributed by atoms with Crippen molar-refractivity contribution < 1.29 is 19.1 Å². The van der Waals surface area contributed by atoms with Crippen LogP contribution in [-0.4, -0.2) is 24.3 Å². The first-order valence-electron chi connectivity index (χ1n) is 11.3. The molecule has 0 saturated carbocycles. The number of benzene rings is 3. The number of nitrogens with zero attached hydrogens (tertiary/aromatic N) is 1. The third kappa shape index (κ3) is 5.92. The largest absolute Gasteiger partial charge is 0.466 e. The molecule has 0 radical (unpaired) electrons. The summed E-state index contributed by atoms with van der Waals surface area (Å²) in [6.45, 7) is 6.00. The van der Waals surface area contributed by atoms with Crippen molar-refractivity contribution in [3.8, 4) is 6.07 Å². The molecule has 0 bridgehead atoms. The van der Waals surface area contributed by atoms with Gasteiger partial charge in [0.2, 0.25) is 0 Å². The van der Waals surface area contributed by atoms with E-state index in [1.165, 1.54) is 12.1 Å². The van der Waals surface area contributed by atoms with Gasteiger partial charge in [0.25, 0.3) is 5.91 Å². The van der Waals surface area contributed by atoms with Gasteiger partial charge in [-0.25, -0.2) is 0 Å². The van der Waals surface area contributed by atoms with Crippen LogP contribution in [0.3, 0.4) is 0 Å². The van der Waals surface area contributed by atoms with Crippen molar-refractivity contribution >= 4 is 29.0 Å². The SMILES string of the molecule is CCOC(=O)Cc1ccc(N)c(NC(=O)c2ccc(C(C)C)cc2)c1C(=O)c1cccc(C#N)c1. The Hall–Kier alpha value is -4.44. The van der Waals surface area contributed by atoms with E-state index in [1.54, 1.807) is 43.3 Å². The summed E-state index contributed by atoms with van der Waals surface area (Å²) in [6, 6.07) is 18.5. The molecule has 7 heteroatoms. The van der Waals surface area contributed by atoms with Crippen LogP contribution in [0.5, 0.6) is 0 Å². The zero-order chi connectivity index (χ0) is 25.5. The van der Waals surface area contributed by atoms with Gasteiger partial charge < -0.3 is 15.8 Å². The summed E-state index contributed by atoms with van der Waals surface area (Å²) < 4.78 is 5.06. The van der Waals surface area contributed by atoms with Gasteiger partial charge in [0.1, 0.15) is 0 Å². The van der Waals surface area contributed by atoms with E-state index in [-0.39, 0.29) is 35.5 Å². The molecular weight excluding hydrogens is 442 g/mol. The minimum Gasteiger partial charge on any atom is -0.466 e. The Kier molecular flexibility index (Phi) is 8.00. The second-order valence-electron chi connectivity index (χ2n) is 8.30. The zero-order valence-corrected chi connectivity index (χ0v) is 19.9. The number of nitrogens with one attached hydrogen (secondary N) is 1. The Morgan fingerprint density at radius 1 is 1.03 bits per heavy atom. The van der Waals surface area contributed by atoms with E-state index in [1.807, 2.05) is 18.2 Å². The average Bonchev–Trinajstić information content (AvgIpc) is 2.85. The van der Waals surface area contributed by atoms with E-state index in [9.17, 15) is 19.6 Å². The number of anilines is 2. The zero-order valence-electron chi connectivity index (χ0n) is 19.9. The predicted octanol–water partition coefficient (Wildman–Crippen LogP) is 4.85. The van der Waals surface area contributed by atoms with Gasteiger partial charge in [-0.1, -0.05) is 44.2 Å². The number of ether oxygens (including phenoxy) is 1. The van der Waals surface area contributed by atoms with Crippen LogP contribution in [0, 0.1) is 11.3 Å². The highest BCUT2D eigenvalue weighted by Gasteiger charge is 2.24. The first kappa shape index (κ1) is 25.2. The minimum atomic E-state index is -0.515. The topological polar surface area (TPSA) is 122 Å².